The molecule has 2 aromatic carbocycles. The maximum atomic E-state index is 11.1. The van der Waals surface area contributed by atoms with Crippen LogP contribution in [-0.2, 0) is 4.79 Å². The van der Waals surface area contributed by atoms with E-state index in [0.717, 1.165) is 34.4 Å². The van der Waals surface area contributed by atoms with Crippen molar-refractivity contribution < 1.29 is 9.53 Å². The second kappa shape index (κ2) is 7.68. The average Bonchev–Trinajstić information content (AvgIpc) is 2.71. The number of hydrogen-bond donors (Lipinski definition) is 0. The molecule has 0 amide bonds. The molecule has 4 bridgehead atoms. The lowest BCUT2D eigenvalue weighted by Gasteiger charge is -2.58. The molecule has 4 aliphatic rings. The van der Waals surface area contributed by atoms with Gasteiger partial charge in [0.15, 0.2) is 0 Å². The Morgan fingerprint density at radius 1 is 0.933 bits per heavy atom. The molecule has 0 spiro atoms. The van der Waals surface area contributed by atoms with Gasteiger partial charge in [-0.15, -0.1) is 0 Å². The number of benzene rings is 2. The van der Waals surface area contributed by atoms with Crippen LogP contribution >= 0.6 is 0 Å². The van der Waals surface area contributed by atoms with Gasteiger partial charge in [-0.25, -0.2) is 0 Å². The van der Waals surface area contributed by atoms with Gasteiger partial charge in [0, 0.05) is 13.1 Å². The van der Waals surface area contributed by atoms with Crippen LogP contribution in [0.1, 0.15) is 57.9 Å². The molecule has 4 saturated carbocycles. The van der Waals surface area contributed by atoms with Gasteiger partial charge in [-0.1, -0.05) is 36.4 Å². The largest absolute Gasteiger partial charge is 0.427 e. The SMILES string of the molecule is CC(=O)Oc1ccc(-c2ccc(C=N[C@@H](C)C34CC5CC(CC(C5)C3)C4)cc2)cc1. The number of carbonyl (C=O) groups excluding carboxylic acids is 1. The van der Waals surface area contributed by atoms with Crippen molar-refractivity contribution >= 4 is 12.2 Å². The van der Waals surface area contributed by atoms with E-state index >= 15 is 0 Å². The van der Waals surface area contributed by atoms with Crippen molar-refractivity contribution in [3.63, 3.8) is 0 Å². The van der Waals surface area contributed by atoms with E-state index in [1.165, 1.54) is 45.4 Å². The van der Waals surface area contributed by atoms with Crippen LogP contribution in [0.15, 0.2) is 53.5 Å². The Kier molecular flexibility index (Phi) is 5.00. The van der Waals surface area contributed by atoms with Gasteiger partial charge in [0.1, 0.15) is 5.75 Å². The number of rotatable bonds is 5. The molecule has 0 N–H and O–H groups in total. The molecule has 0 heterocycles. The van der Waals surface area contributed by atoms with E-state index < -0.39 is 0 Å². The second-order valence-electron chi connectivity index (χ2n) is 9.97. The third kappa shape index (κ3) is 3.82. The number of aliphatic imine (C=N–C) groups is 1. The standard InChI is InChI=1S/C27H31NO2/c1-18(27-14-21-11-22(15-27)13-23(12-21)16-27)28-17-20-3-5-24(6-4-20)25-7-9-26(10-8-25)30-19(2)29/h3-10,17-18,21-23H,11-16H2,1-2H3/t18-,21?,22?,23?,27?/m0/s1. The Morgan fingerprint density at radius 3 is 1.93 bits per heavy atom. The predicted molar refractivity (Wildman–Crippen MR) is 121 cm³/mol. The topological polar surface area (TPSA) is 38.7 Å². The summed E-state index contributed by atoms with van der Waals surface area (Å²) < 4.78 is 5.11. The molecule has 3 heteroatoms. The van der Waals surface area contributed by atoms with Gasteiger partial charge in [-0.2, -0.15) is 0 Å². The summed E-state index contributed by atoms with van der Waals surface area (Å²) in [6, 6.07) is 16.6. The van der Waals surface area contributed by atoms with Crippen LogP contribution in [0.4, 0.5) is 0 Å². The Balaban J connectivity index is 1.26. The molecule has 1 atom stereocenters. The normalized spacial score (nSPS) is 30.5. The molecule has 2 aromatic rings. The van der Waals surface area contributed by atoms with Crippen LogP contribution < -0.4 is 4.74 Å². The quantitative estimate of drug-likeness (QED) is 0.335. The van der Waals surface area contributed by atoms with Crippen LogP contribution in [0.2, 0.25) is 0 Å². The molecule has 3 nitrogen and oxygen atoms in total. The lowest BCUT2D eigenvalue weighted by atomic mass is 9.48. The highest BCUT2D eigenvalue weighted by atomic mass is 16.5. The van der Waals surface area contributed by atoms with Gasteiger partial charge >= 0.3 is 5.97 Å². The Labute approximate surface area is 179 Å². The summed E-state index contributed by atoms with van der Waals surface area (Å²) in [6.45, 7) is 3.76. The molecule has 30 heavy (non-hydrogen) atoms. The lowest BCUT2D eigenvalue weighted by molar-refractivity contribution is -0.131. The van der Waals surface area contributed by atoms with Crippen molar-refractivity contribution in [1.29, 1.82) is 0 Å². The highest BCUT2D eigenvalue weighted by Crippen LogP contribution is 2.61. The van der Waals surface area contributed by atoms with E-state index in [1.54, 1.807) is 0 Å². The first-order chi connectivity index (χ1) is 14.5. The molecule has 0 radical (unpaired) electrons. The van der Waals surface area contributed by atoms with E-state index in [4.69, 9.17) is 9.73 Å². The summed E-state index contributed by atoms with van der Waals surface area (Å²) in [5.74, 6) is 3.20. The highest BCUT2D eigenvalue weighted by Gasteiger charge is 2.53. The number of nitrogens with zero attached hydrogens (tertiary/aromatic N) is 1. The maximum Gasteiger partial charge on any atom is 0.308 e. The Hall–Kier alpha value is -2.42. The Morgan fingerprint density at radius 2 is 1.43 bits per heavy atom. The molecule has 156 valence electrons. The van der Waals surface area contributed by atoms with E-state index in [9.17, 15) is 4.79 Å². The van der Waals surface area contributed by atoms with Gasteiger partial charge in [-0.3, -0.25) is 9.79 Å². The third-order valence-corrected chi connectivity index (χ3v) is 7.78. The number of carbonyl (C=O) groups is 1. The van der Waals surface area contributed by atoms with Crippen LogP contribution in [0.3, 0.4) is 0 Å². The zero-order valence-electron chi connectivity index (χ0n) is 18.0. The molecule has 0 aromatic heterocycles. The fraction of sp³-hybridized carbons (Fsp3) is 0.481. The number of ether oxygens (including phenoxy) is 1. The van der Waals surface area contributed by atoms with Crippen LogP contribution in [0, 0.1) is 23.2 Å². The molecule has 4 aliphatic carbocycles. The first-order valence-electron chi connectivity index (χ1n) is 11.4. The van der Waals surface area contributed by atoms with Crippen molar-refractivity contribution in [2.45, 2.75) is 58.4 Å². The molecule has 0 unspecified atom stereocenters. The zero-order valence-corrected chi connectivity index (χ0v) is 18.0. The van der Waals surface area contributed by atoms with Gasteiger partial charge in [0.25, 0.3) is 0 Å². The summed E-state index contributed by atoms with van der Waals surface area (Å²) in [7, 11) is 0. The summed E-state index contributed by atoms with van der Waals surface area (Å²) in [6.07, 6.45) is 10.7. The van der Waals surface area contributed by atoms with Crippen LogP contribution in [0.25, 0.3) is 11.1 Å². The van der Waals surface area contributed by atoms with E-state index in [1.807, 2.05) is 24.3 Å². The van der Waals surface area contributed by atoms with Crippen molar-refractivity contribution in [2.24, 2.45) is 28.2 Å². The van der Waals surface area contributed by atoms with Gasteiger partial charge in [-0.05, 0) is 97.4 Å². The monoisotopic (exact) mass is 401 g/mol. The molecule has 6 rings (SSSR count). The summed E-state index contributed by atoms with van der Waals surface area (Å²) in [4.78, 5) is 16.1. The van der Waals surface area contributed by atoms with Crippen LogP contribution in [-0.4, -0.2) is 18.2 Å². The molecule has 0 aliphatic heterocycles. The lowest BCUT2D eigenvalue weighted by Crippen LogP contribution is -2.50. The molecular formula is C27H31NO2. The van der Waals surface area contributed by atoms with E-state index in [-0.39, 0.29) is 5.97 Å². The van der Waals surface area contributed by atoms with E-state index in [0.29, 0.717) is 17.2 Å². The van der Waals surface area contributed by atoms with Crippen LogP contribution in [0.5, 0.6) is 5.75 Å². The fourth-order valence-corrected chi connectivity index (χ4v) is 6.69. The fourth-order valence-electron chi connectivity index (χ4n) is 6.69. The van der Waals surface area contributed by atoms with Crippen molar-refractivity contribution in [3.05, 3.63) is 54.1 Å². The first-order valence-corrected chi connectivity index (χ1v) is 11.4. The minimum atomic E-state index is -0.297. The number of esters is 1. The first kappa shape index (κ1) is 19.5. The van der Waals surface area contributed by atoms with Gasteiger partial charge < -0.3 is 4.74 Å². The average molecular weight is 402 g/mol. The van der Waals surface area contributed by atoms with Crippen molar-refractivity contribution in [2.75, 3.05) is 0 Å². The summed E-state index contributed by atoms with van der Waals surface area (Å²) in [5, 5.41) is 0. The van der Waals surface area contributed by atoms with Gasteiger partial charge in [0.2, 0.25) is 0 Å². The molecule has 0 saturated heterocycles. The Bertz CT molecular complexity index is 907. The van der Waals surface area contributed by atoms with Crippen molar-refractivity contribution in [1.82, 2.24) is 0 Å². The molecular weight excluding hydrogens is 370 g/mol. The van der Waals surface area contributed by atoms with Crippen molar-refractivity contribution in [3.8, 4) is 16.9 Å². The van der Waals surface area contributed by atoms with Gasteiger partial charge in [0.05, 0.1) is 6.04 Å². The minimum absolute atomic E-state index is 0.297. The minimum Gasteiger partial charge on any atom is -0.427 e. The smallest absolute Gasteiger partial charge is 0.308 e. The third-order valence-electron chi connectivity index (χ3n) is 7.78. The highest BCUT2D eigenvalue weighted by molar-refractivity contribution is 5.81. The molecule has 4 fully saturated rings. The summed E-state index contributed by atoms with van der Waals surface area (Å²) in [5.41, 5.74) is 3.88. The summed E-state index contributed by atoms with van der Waals surface area (Å²) >= 11 is 0. The second-order valence-corrected chi connectivity index (χ2v) is 9.97. The number of hydrogen-bond acceptors (Lipinski definition) is 3. The van der Waals surface area contributed by atoms with E-state index in [2.05, 4.69) is 37.4 Å². The predicted octanol–water partition coefficient (Wildman–Crippen LogP) is 6.30. The zero-order chi connectivity index (χ0) is 20.7. The maximum absolute atomic E-state index is 11.1.